The summed E-state index contributed by atoms with van der Waals surface area (Å²) in [6.07, 6.45) is -0.00723. The summed E-state index contributed by atoms with van der Waals surface area (Å²) in [6.45, 7) is 2.38. The van der Waals surface area contributed by atoms with Crippen LogP contribution in [0, 0.1) is 6.92 Å². The number of benzene rings is 1. The number of carbonyl (C=O) groups excluding carboxylic acids is 1. The minimum absolute atomic E-state index is 0.391. The minimum Gasteiger partial charge on any atom is -0.453 e. The SMILES string of the molecule is COC(=O)NCCc1nc(-c2ccccc2C)no1. The number of aryl methyl sites for hydroxylation is 1. The van der Waals surface area contributed by atoms with Crippen LogP contribution in [-0.4, -0.2) is 29.9 Å². The first-order valence-electron chi connectivity index (χ1n) is 5.91. The van der Waals surface area contributed by atoms with Crippen LogP contribution in [0.25, 0.3) is 11.4 Å². The number of nitrogens with one attached hydrogen (secondary N) is 1. The Hall–Kier alpha value is -2.37. The van der Waals surface area contributed by atoms with Gasteiger partial charge in [-0.05, 0) is 12.5 Å². The molecule has 0 atom stereocenters. The third-order valence-electron chi connectivity index (χ3n) is 2.65. The van der Waals surface area contributed by atoms with Gasteiger partial charge >= 0.3 is 6.09 Å². The average Bonchev–Trinajstić information content (AvgIpc) is 2.87. The summed E-state index contributed by atoms with van der Waals surface area (Å²) in [5.41, 5.74) is 2.03. The van der Waals surface area contributed by atoms with Gasteiger partial charge in [0.25, 0.3) is 0 Å². The van der Waals surface area contributed by atoms with Crippen molar-refractivity contribution in [1.82, 2.24) is 15.5 Å². The van der Waals surface area contributed by atoms with E-state index in [1.54, 1.807) is 0 Å². The third-order valence-corrected chi connectivity index (χ3v) is 2.65. The van der Waals surface area contributed by atoms with Gasteiger partial charge in [0, 0.05) is 18.5 Å². The normalized spacial score (nSPS) is 10.2. The summed E-state index contributed by atoms with van der Waals surface area (Å²) in [5, 5.41) is 6.49. The molecule has 0 saturated heterocycles. The maximum Gasteiger partial charge on any atom is 0.406 e. The van der Waals surface area contributed by atoms with Gasteiger partial charge in [-0.1, -0.05) is 29.4 Å². The predicted molar refractivity (Wildman–Crippen MR) is 68.6 cm³/mol. The molecule has 6 heteroatoms. The van der Waals surface area contributed by atoms with Crippen molar-refractivity contribution >= 4 is 6.09 Å². The second-order valence-corrected chi connectivity index (χ2v) is 4.00. The van der Waals surface area contributed by atoms with E-state index in [2.05, 4.69) is 20.2 Å². The first-order chi connectivity index (χ1) is 9.20. The van der Waals surface area contributed by atoms with Crippen LogP contribution in [0.3, 0.4) is 0 Å². The second-order valence-electron chi connectivity index (χ2n) is 4.00. The number of hydrogen-bond donors (Lipinski definition) is 1. The minimum atomic E-state index is -0.473. The number of amides is 1. The second kappa shape index (κ2) is 5.99. The van der Waals surface area contributed by atoms with Crippen LogP contribution in [0.5, 0.6) is 0 Å². The van der Waals surface area contributed by atoms with Crippen molar-refractivity contribution in [2.45, 2.75) is 13.3 Å². The molecule has 6 nitrogen and oxygen atoms in total. The zero-order valence-corrected chi connectivity index (χ0v) is 10.8. The average molecular weight is 261 g/mol. The highest BCUT2D eigenvalue weighted by atomic mass is 16.5. The summed E-state index contributed by atoms with van der Waals surface area (Å²) >= 11 is 0. The highest BCUT2D eigenvalue weighted by Crippen LogP contribution is 2.19. The van der Waals surface area contributed by atoms with E-state index >= 15 is 0 Å². The van der Waals surface area contributed by atoms with Gasteiger partial charge < -0.3 is 14.6 Å². The fraction of sp³-hybridized carbons (Fsp3) is 0.308. The van der Waals surface area contributed by atoms with Crippen LogP contribution in [0.2, 0.25) is 0 Å². The molecule has 100 valence electrons. The number of rotatable bonds is 4. The van der Waals surface area contributed by atoms with Crippen molar-refractivity contribution in [2.24, 2.45) is 0 Å². The zero-order chi connectivity index (χ0) is 13.7. The lowest BCUT2D eigenvalue weighted by Gasteiger charge is -2.00. The molecule has 0 spiro atoms. The molecule has 1 amide bonds. The monoisotopic (exact) mass is 261 g/mol. The number of ether oxygens (including phenoxy) is 1. The zero-order valence-electron chi connectivity index (χ0n) is 10.8. The van der Waals surface area contributed by atoms with E-state index in [-0.39, 0.29) is 0 Å². The number of hydrogen-bond acceptors (Lipinski definition) is 5. The Labute approximate surface area is 110 Å². The third kappa shape index (κ3) is 3.31. The van der Waals surface area contributed by atoms with Crippen LogP contribution >= 0.6 is 0 Å². The molecule has 0 radical (unpaired) electrons. The Kier molecular flexibility index (Phi) is 4.12. The van der Waals surface area contributed by atoms with Crippen molar-refractivity contribution in [2.75, 3.05) is 13.7 Å². The molecule has 0 aliphatic carbocycles. The molecule has 2 rings (SSSR count). The Morgan fingerprint density at radius 1 is 1.42 bits per heavy atom. The van der Waals surface area contributed by atoms with E-state index in [1.807, 2.05) is 31.2 Å². The van der Waals surface area contributed by atoms with Gasteiger partial charge in [0.1, 0.15) is 0 Å². The van der Waals surface area contributed by atoms with Crippen molar-refractivity contribution in [3.63, 3.8) is 0 Å². The van der Waals surface area contributed by atoms with Gasteiger partial charge in [-0.3, -0.25) is 0 Å². The van der Waals surface area contributed by atoms with Crippen molar-refractivity contribution in [1.29, 1.82) is 0 Å². The van der Waals surface area contributed by atoms with E-state index in [9.17, 15) is 4.79 Å². The lowest BCUT2D eigenvalue weighted by molar-refractivity contribution is 0.171. The number of nitrogens with zero attached hydrogens (tertiary/aromatic N) is 2. The standard InChI is InChI=1S/C13H15N3O3/c1-9-5-3-4-6-10(9)12-15-11(19-16-12)7-8-14-13(17)18-2/h3-6H,7-8H2,1-2H3,(H,14,17). The molecule has 1 aromatic carbocycles. The summed E-state index contributed by atoms with van der Waals surface area (Å²) < 4.78 is 9.60. The highest BCUT2D eigenvalue weighted by molar-refractivity contribution is 5.66. The van der Waals surface area contributed by atoms with Crippen LogP contribution in [-0.2, 0) is 11.2 Å². The molecule has 0 saturated carbocycles. The Morgan fingerprint density at radius 2 is 2.21 bits per heavy atom. The van der Waals surface area contributed by atoms with E-state index in [4.69, 9.17) is 4.52 Å². The van der Waals surface area contributed by atoms with Gasteiger partial charge in [-0.2, -0.15) is 4.98 Å². The summed E-state index contributed by atoms with van der Waals surface area (Å²) in [5.74, 6) is 1.04. The summed E-state index contributed by atoms with van der Waals surface area (Å²) in [6, 6.07) is 7.82. The maximum absolute atomic E-state index is 10.9. The van der Waals surface area contributed by atoms with E-state index in [0.29, 0.717) is 24.7 Å². The Morgan fingerprint density at radius 3 is 2.95 bits per heavy atom. The van der Waals surface area contributed by atoms with E-state index < -0.39 is 6.09 Å². The summed E-state index contributed by atoms with van der Waals surface area (Å²) in [4.78, 5) is 15.2. The molecule has 1 heterocycles. The van der Waals surface area contributed by atoms with Crippen LogP contribution in [0.4, 0.5) is 4.79 Å². The quantitative estimate of drug-likeness (QED) is 0.910. The number of carbonyl (C=O) groups is 1. The molecule has 0 fully saturated rings. The van der Waals surface area contributed by atoms with Crippen molar-refractivity contribution in [3.05, 3.63) is 35.7 Å². The van der Waals surface area contributed by atoms with Crippen molar-refractivity contribution < 1.29 is 14.1 Å². The fourth-order valence-electron chi connectivity index (χ4n) is 1.63. The molecule has 0 aliphatic rings. The van der Waals surface area contributed by atoms with Gasteiger partial charge in [0.2, 0.25) is 11.7 Å². The molecule has 0 aliphatic heterocycles. The Balaban J connectivity index is 2.00. The first kappa shape index (κ1) is 13.1. The molecular weight excluding hydrogens is 246 g/mol. The van der Waals surface area contributed by atoms with E-state index in [0.717, 1.165) is 11.1 Å². The van der Waals surface area contributed by atoms with Crippen molar-refractivity contribution in [3.8, 4) is 11.4 Å². The van der Waals surface area contributed by atoms with E-state index in [1.165, 1.54) is 7.11 Å². The van der Waals surface area contributed by atoms with Crippen LogP contribution < -0.4 is 5.32 Å². The number of methoxy groups -OCH3 is 1. The highest BCUT2D eigenvalue weighted by Gasteiger charge is 2.10. The Bertz CT molecular complexity index is 566. The topological polar surface area (TPSA) is 77.2 Å². The molecule has 1 aromatic heterocycles. The molecular formula is C13H15N3O3. The van der Waals surface area contributed by atoms with Crippen LogP contribution in [0.15, 0.2) is 28.8 Å². The molecule has 0 bridgehead atoms. The first-order valence-corrected chi connectivity index (χ1v) is 5.91. The maximum atomic E-state index is 10.9. The molecule has 0 unspecified atom stereocenters. The molecule has 2 aromatic rings. The predicted octanol–water partition coefficient (Wildman–Crippen LogP) is 1.94. The van der Waals surface area contributed by atoms with Gasteiger partial charge in [-0.15, -0.1) is 0 Å². The smallest absolute Gasteiger partial charge is 0.406 e. The lowest BCUT2D eigenvalue weighted by atomic mass is 10.1. The molecule has 1 N–H and O–H groups in total. The van der Waals surface area contributed by atoms with Crippen LogP contribution in [0.1, 0.15) is 11.5 Å². The lowest BCUT2D eigenvalue weighted by Crippen LogP contribution is -2.25. The van der Waals surface area contributed by atoms with Gasteiger partial charge in [-0.25, -0.2) is 4.79 Å². The largest absolute Gasteiger partial charge is 0.453 e. The van der Waals surface area contributed by atoms with Gasteiger partial charge in [0.15, 0.2) is 0 Å². The number of aromatic nitrogens is 2. The fourth-order valence-corrected chi connectivity index (χ4v) is 1.63. The number of alkyl carbamates (subject to hydrolysis) is 1. The van der Waals surface area contributed by atoms with Gasteiger partial charge in [0.05, 0.1) is 7.11 Å². The molecule has 19 heavy (non-hydrogen) atoms. The summed E-state index contributed by atoms with van der Waals surface area (Å²) in [7, 11) is 1.32.